The number of hydrogen-bond donors (Lipinski definition) is 1. The van der Waals surface area contributed by atoms with Crippen molar-refractivity contribution in [2.24, 2.45) is 0 Å². The Morgan fingerprint density at radius 2 is 2.09 bits per heavy atom. The average molecular weight is 316 g/mol. The first-order valence-corrected chi connectivity index (χ1v) is 8.42. The number of aryl methyl sites for hydroxylation is 3. The Labute approximate surface area is 134 Å². The summed E-state index contributed by atoms with van der Waals surface area (Å²) in [6.45, 7) is 3.76. The fourth-order valence-corrected chi connectivity index (χ4v) is 3.68. The molecule has 1 atom stereocenters. The van der Waals surface area contributed by atoms with Crippen LogP contribution in [0.4, 0.5) is 4.79 Å². The maximum atomic E-state index is 12.1. The van der Waals surface area contributed by atoms with Crippen LogP contribution in [0.1, 0.15) is 34.7 Å². The summed E-state index contributed by atoms with van der Waals surface area (Å²) < 4.78 is 5.40. The molecular formula is C17H20N2O2S. The lowest BCUT2D eigenvalue weighted by molar-refractivity contribution is 0.196. The molecule has 1 heterocycles. The minimum absolute atomic E-state index is 0.130. The highest BCUT2D eigenvalue weighted by Gasteiger charge is 2.20. The number of nitrogens with one attached hydrogen (secondary N) is 1. The topological polar surface area (TPSA) is 51.2 Å². The molecule has 1 unspecified atom stereocenters. The van der Waals surface area contributed by atoms with E-state index in [1.165, 1.54) is 22.5 Å². The van der Waals surface area contributed by atoms with Crippen LogP contribution in [0, 0.1) is 13.8 Å². The molecular weight excluding hydrogens is 296 g/mol. The molecule has 0 saturated heterocycles. The lowest BCUT2D eigenvalue weighted by atomic mass is 10.0. The number of carbonyl (C=O) groups excluding carboxylic acids is 1. The van der Waals surface area contributed by atoms with Crippen molar-refractivity contribution in [2.45, 2.75) is 45.6 Å². The summed E-state index contributed by atoms with van der Waals surface area (Å²) in [6.07, 6.45) is 3.63. The summed E-state index contributed by atoms with van der Waals surface area (Å²) in [6, 6.07) is 8.60. The quantitative estimate of drug-likeness (QED) is 0.858. The molecule has 0 aliphatic heterocycles. The number of benzene rings is 1. The molecule has 1 aromatic heterocycles. The Bertz CT molecular complexity index is 681. The van der Waals surface area contributed by atoms with Crippen LogP contribution >= 0.6 is 11.3 Å². The maximum absolute atomic E-state index is 12.1. The van der Waals surface area contributed by atoms with Crippen LogP contribution in [0.25, 0.3) is 0 Å². The monoisotopic (exact) mass is 316 g/mol. The van der Waals surface area contributed by atoms with E-state index in [0.29, 0.717) is 5.06 Å². The van der Waals surface area contributed by atoms with Gasteiger partial charge in [0.15, 0.2) is 0 Å². The number of fused-ring (bicyclic) bond motifs is 1. The van der Waals surface area contributed by atoms with E-state index >= 15 is 0 Å². The number of amides is 1. The van der Waals surface area contributed by atoms with E-state index in [4.69, 9.17) is 4.74 Å². The zero-order valence-corrected chi connectivity index (χ0v) is 13.7. The molecule has 2 aromatic rings. The Balaban J connectivity index is 1.63. The van der Waals surface area contributed by atoms with Crippen molar-refractivity contribution in [2.75, 3.05) is 0 Å². The molecule has 1 aromatic carbocycles. The molecule has 1 aliphatic rings. The highest BCUT2D eigenvalue weighted by Crippen LogP contribution is 2.26. The largest absolute Gasteiger partial charge is 0.413 e. The highest BCUT2D eigenvalue weighted by molar-refractivity contribution is 7.13. The number of carbonyl (C=O) groups is 1. The summed E-state index contributed by atoms with van der Waals surface area (Å²) in [5, 5.41) is 4.50. The smallest absolute Gasteiger partial charge is 0.397 e. The van der Waals surface area contributed by atoms with Gasteiger partial charge in [-0.1, -0.05) is 35.6 Å². The van der Waals surface area contributed by atoms with E-state index in [1.54, 1.807) is 0 Å². The molecule has 4 nitrogen and oxygen atoms in total. The third kappa shape index (κ3) is 3.47. The number of ether oxygens (including phenoxy) is 1. The summed E-state index contributed by atoms with van der Waals surface area (Å²) >= 11 is 1.40. The SMILES string of the molecule is Cc1nc(C)c(OC(=O)NC2CCCc3ccccc3C2)s1. The van der Waals surface area contributed by atoms with Crippen molar-refractivity contribution in [1.29, 1.82) is 0 Å². The van der Waals surface area contributed by atoms with Gasteiger partial charge >= 0.3 is 6.09 Å². The van der Waals surface area contributed by atoms with Gasteiger partial charge in [0.2, 0.25) is 5.06 Å². The van der Waals surface area contributed by atoms with Gasteiger partial charge in [-0.05, 0) is 50.7 Å². The number of thiazole rings is 1. The van der Waals surface area contributed by atoms with Crippen LogP contribution < -0.4 is 10.1 Å². The van der Waals surface area contributed by atoms with Gasteiger partial charge in [0, 0.05) is 6.04 Å². The molecule has 0 saturated carbocycles. The van der Waals surface area contributed by atoms with Crippen LogP contribution in [-0.2, 0) is 12.8 Å². The van der Waals surface area contributed by atoms with E-state index in [9.17, 15) is 4.79 Å². The Kier molecular flexibility index (Phi) is 4.43. The number of nitrogens with zero attached hydrogens (tertiary/aromatic N) is 1. The van der Waals surface area contributed by atoms with Crippen molar-refractivity contribution in [3.63, 3.8) is 0 Å². The van der Waals surface area contributed by atoms with Gasteiger partial charge in [-0.3, -0.25) is 0 Å². The minimum atomic E-state index is -0.379. The number of aromatic nitrogens is 1. The van der Waals surface area contributed by atoms with Crippen molar-refractivity contribution < 1.29 is 9.53 Å². The molecule has 0 fully saturated rings. The zero-order valence-electron chi connectivity index (χ0n) is 12.9. The van der Waals surface area contributed by atoms with Gasteiger partial charge in [-0.2, -0.15) is 0 Å². The maximum Gasteiger partial charge on any atom is 0.413 e. The fourth-order valence-electron chi connectivity index (χ4n) is 2.92. The van der Waals surface area contributed by atoms with Crippen LogP contribution in [0.3, 0.4) is 0 Å². The van der Waals surface area contributed by atoms with Crippen molar-refractivity contribution >= 4 is 17.4 Å². The van der Waals surface area contributed by atoms with Crippen LogP contribution in [-0.4, -0.2) is 17.1 Å². The second-order valence-electron chi connectivity index (χ2n) is 5.70. The minimum Gasteiger partial charge on any atom is -0.397 e. The predicted octanol–water partition coefficient (Wildman–Crippen LogP) is 3.80. The molecule has 1 N–H and O–H groups in total. The Morgan fingerprint density at radius 1 is 1.32 bits per heavy atom. The number of hydrogen-bond acceptors (Lipinski definition) is 4. The molecule has 0 spiro atoms. The van der Waals surface area contributed by atoms with E-state index in [1.807, 2.05) is 13.8 Å². The van der Waals surface area contributed by atoms with Gasteiger partial charge in [-0.15, -0.1) is 0 Å². The standard InChI is InChI=1S/C17H20N2O2S/c1-11-16(22-12(2)18-11)21-17(20)19-15-9-5-8-13-6-3-4-7-14(13)10-15/h3-4,6-7,15H,5,8-10H2,1-2H3,(H,19,20). The second-order valence-corrected chi connectivity index (χ2v) is 6.87. The van der Waals surface area contributed by atoms with Crippen LogP contribution in [0.2, 0.25) is 0 Å². The molecule has 0 bridgehead atoms. The summed E-state index contributed by atoms with van der Waals surface area (Å²) in [7, 11) is 0. The number of rotatable bonds is 2. The molecule has 0 radical (unpaired) electrons. The normalized spacial score (nSPS) is 17.5. The fraction of sp³-hybridized carbons (Fsp3) is 0.412. The Hall–Kier alpha value is -1.88. The molecule has 1 amide bonds. The van der Waals surface area contributed by atoms with Crippen LogP contribution in [0.15, 0.2) is 24.3 Å². The van der Waals surface area contributed by atoms with Crippen molar-refractivity contribution in [1.82, 2.24) is 10.3 Å². The summed E-state index contributed by atoms with van der Waals surface area (Å²) in [5.74, 6) is 0. The first-order valence-electron chi connectivity index (χ1n) is 7.61. The second kappa shape index (κ2) is 6.48. The molecule has 22 heavy (non-hydrogen) atoms. The lowest BCUT2D eigenvalue weighted by Gasteiger charge is -2.16. The Morgan fingerprint density at radius 3 is 2.82 bits per heavy atom. The summed E-state index contributed by atoms with van der Waals surface area (Å²) in [4.78, 5) is 16.4. The van der Waals surface area contributed by atoms with E-state index in [-0.39, 0.29) is 12.1 Å². The molecule has 116 valence electrons. The average Bonchev–Trinajstić information content (AvgIpc) is 2.68. The van der Waals surface area contributed by atoms with Gasteiger partial charge in [-0.25, -0.2) is 9.78 Å². The third-order valence-corrected chi connectivity index (χ3v) is 4.90. The van der Waals surface area contributed by atoms with E-state index < -0.39 is 0 Å². The molecule has 1 aliphatic carbocycles. The molecule has 3 rings (SSSR count). The van der Waals surface area contributed by atoms with Gasteiger partial charge in [0.25, 0.3) is 0 Å². The van der Waals surface area contributed by atoms with Gasteiger partial charge < -0.3 is 10.1 Å². The third-order valence-electron chi connectivity index (χ3n) is 3.95. The van der Waals surface area contributed by atoms with Gasteiger partial charge in [0.05, 0.1) is 10.7 Å². The van der Waals surface area contributed by atoms with Crippen molar-refractivity contribution in [3.8, 4) is 5.06 Å². The van der Waals surface area contributed by atoms with E-state index in [2.05, 4.69) is 34.6 Å². The first-order chi connectivity index (χ1) is 10.6. The lowest BCUT2D eigenvalue weighted by Crippen LogP contribution is -2.37. The predicted molar refractivity (Wildman–Crippen MR) is 87.6 cm³/mol. The van der Waals surface area contributed by atoms with E-state index in [0.717, 1.165) is 36.4 Å². The summed E-state index contributed by atoms with van der Waals surface area (Å²) in [5.41, 5.74) is 3.49. The molecule has 5 heteroatoms. The zero-order chi connectivity index (χ0) is 15.5. The first kappa shape index (κ1) is 15.0. The van der Waals surface area contributed by atoms with Gasteiger partial charge in [0.1, 0.15) is 0 Å². The van der Waals surface area contributed by atoms with Crippen molar-refractivity contribution in [3.05, 3.63) is 46.1 Å². The van der Waals surface area contributed by atoms with Crippen LogP contribution in [0.5, 0.6) is 5.06 Å². The highest BCUT2D eigenvalue weighted by atomic mass is 32.1.